The van der Waals surface area contributed by atoms with Crippen LogP contribution in [-0.4, -0.2) is 23.9 Å². The molecule has 2 saturated carbocycles. The Morgan fingerprint density at radius 3 is 2.42 bits per heavy atom. The zero-order valence-electron chi connectivity index (χ0n) is 7.70. The zero-order valence-corrected chi connectivity index (χ0v) is 7.70. The highest BCUT2D eigenvalue weighted by molar-refractivity contribution is 4.81. The number of ether oxygens (including phenoxy) is 1. The summed E-state index contributed by atoms with van der Waals surface area (Å²) in [4.78, 5) is 0. The van der Waals surface area contributed by atoms with Gasteiger partial charge in [0.2, 0.25) is 0 Å². The Kier molecular flexibility index (Phi) is 2.37. The minimum Gasteiger partial charge on any atom is -0.393 e. The van der Waals surface area contributed by atoms with Crippen LogP contribution in [0, 0.1) is 11.8 Å². The minimum atomic E-state index is -0.0288. The molecule has 70 valence electrons. The molecule has 2 aliphatic rings. The summed E-state index contributed by atoms with van der Waals surface area (Å²) in [5, 5.41) is 9.04. The molecule has 2 fully saturated rings. The van der Waals surface area contributed by atoms with Crippen LogP contribution in [-0.2, 0) is 4.74 Å². The molecule has 0 saturated heterocycles. The lowest BCUT2D eigenvalue weighted by Gasteiger charge is -2.37. The number of hydrogen-bond acceptors (Lipinski definition) is 2. The summed E-state index contributed by atoms with van der Waals surface area (Å²) in [6.07, 6.45) is 4.92. The first kappa shape index (κ1) is 8.52. The maximum atomic E-state index is 9.04. The van der Waals surface area contributed by atoms with Crippen molar-refractivity contribution in [2.45, 2.75) is 44.8 Å². The largest absolute Gasteiger partial charge is 0.393 e. The van der Waals surface area contributed by atoms with Gasteiger partial charge in [0.25, 0.3) is 0 Å². The monoisotopic (exact) mass is 170 g/mol. The highest BCUT2D eigenvalue weighted by Crippen LogP contribution is 2.32. The molecule has 0 aromatic heterocycles. The second-order valence-electron chi connectivity index (χ2n) is 4.52. The zero-order chi connectivity index (χ0) is 8.55. The van der Waals surface area contributed by atoms with Gasteiger partial charge in [-0.15, -0.1) is 0 Å². The SMILES string of the molecule is CC1CC(OCC2CC(O)C2)C1. The molecule has 0 spiro atoms. The normalized spacial score (nSPS) is 46.5. The Hall–Kier alpha value is -0.0800. The van der Waals surface area contributed by atoms with Crippen LogP contribution in [0.25, 0.3) is 0 Å². The van der Waals surface area contributed by atoms with Gasteiger partial charge >= 0.3 is 0 Å². The van der Waals surface area contributed by atoms with E-state index in [1.165, 1.54) is 12.8 Å². The predicted molar refractivity (Wildman–Crippen MR) is 46.9 cm³/mol. The average molecular weight is 170 g/mol. The number of rotatable bonds is 3. The first-order chi connectivity index (χ1) is 5.74. The van der Waals surface area contributed by atoms with E-state index < -0.39 is 0 Å². The molecule has 2 heteroatoms. The summed E-state index contributed by atoms with van der Waals surface area (Å²) < 4.78 is 5.69. The fourth-order valence-electron chi connectivity index (χ4n) is 2.07. The predicted octanol–water partition coefficient (Wildman–Crippen LogP) is 1.57. The van der Waals surface area contributed by atoms with E-state index >= 15 is 0 Å². The Bertz CT molecular complexity index is 128. The van der Waals surface area contributed by atoms with Crippen LogP contribution in [0.15, 0.2) is 0 Å². The lowest BCUT2D eigenvalue weighted by molar-refractivity contribution is -0.0735. The van der Waals surface area contributed by atoms with Gasteiger partial charge in [0, 0.05) is 6.61 Å². The van der Waals surface area contributed by atoms with Crippen molar-refractivity contribution < 1.29 is 9.84 Å². The van der Waals surface area contributed by atoms with Crippen molar-refractivity contribution in [2.24, 2.45) is 11.8 Å². The number of aliphatic hydroxyl groups is 1. The van der Waals surface area contributed by atoms with Gasteiger partial charge in [-0.2, -0.15) is 0 Å². The van der Waals surface area contributed by atoms with Gasteiger partial charge in [0.05, 0.1) is 12.2 Å². The van der Waals surface area contributed by atoms with Gasteiger partial charge in [0.1, 0.15) is 0 Å². The Labute approximate surface area is 73.9 Å². The highest BCUT2D eigenvalue weighted by atomic mass is 16.5. The van der Waals surface area contributed by atoms with Crippen molar-refractivity contribution >= 4 is 0 Å². The van der Waals surface area contributed by atoms with Crippen molar-refractivity contribution in [1.29, 1.82) is 0 Å². The van der Waals surface area contributed by atoms with Crippen molar-refractivity contribution in [3.8, 4) is 0 Å². The van der Waals surface area contributed by atoms with E-state index in [1.807, 2.05) is 0 Å². The van der Waals surface area contributed by atoms with Gasteiger partial charge in [0.15, 0.2) is 0 Å². The summed E-state index contributed by atoms with van der Waals surface area (Å²) in [7, 11) is 0. The first-order valence-electron chi connectivity index (χ1n) is 5.03. The molecule has 0 heterocycles. The quantitative estimate of drug-likeness (QED) is 0.696. The molecule has 0 aromatic carbocycles. The van der Waals surface area contributed by atoms with Crippen LogP contribution in [0.4, 0.5) is 0 Å². The molecule has 0 radical (unpaired) electrons. The van der Waals surface area contributed by atoms with Crippen LogP contribution in [0.3, 0.4) is 0 Å². The van der Waals surface area contributed by atoms with E-state index in [1.54, 1.807) is 0 Å². The van der Waals surface area contributed by atoms with Crippen molar-refractivity contribution in [1.82, 2.24) is 0 Å². The molecular weight excluding hydrogens is 152 g/mol. The molecule has 12 heavy (non-hydrogen) atoms. The summed E-state index contributed by atoms with van der Waals surface area (Å²) in [6.45, 7) is 3.15. The molecule has 0 unspecified atom stereocenters. The molecule has 0 aliphatic heterocycles. The van der Waals surface area contributed by atoms with Gasteiger partial charge in [-0.3, -0.25) is 0 Å². The molecule has 2 aliphatic carbocycles. The summed E-state index contributed by atoms with van der Waals surface area (Å²) >= 11 is 0. The lowest BCUT2D eigenvalue weighted by Crippen LogP contribution is -2.36. The van der Waals surface area contributed by atoms with Crippen molar-refractivity contribution in [3.63, 3.8) is 0 Å². The third kappa shape index (κ3) is 1.80. The molecule has 0 aromatic rings. The number of hydrogen-bond donors (Lipinski definition) is 1. The second kappa shape index (κ2) is 3.35. The first-order valence-corrected chi connectivity index (χ1v) is 5.03. The van der Waals surface area contributed by atoms with Gasteiger partial charge in [-0.05, 0) is 37.5 Å². The fraction of sp³-hybridized carbons (Fsp3) is 1.00. The van der Waals surface area contributed by atoms with E-state index in [9.17, 15) is 0 Å². The lowest BCUT2D eigenvalue weighted by atomic mass is 9.82. The smallest absolute Gasteiger partial charge is 0.0580 e. The topological polar surface area (TPSA) is 29.5 Å². The van der Waals surface area contributed by atoms with Crippen LogP contribution in [0.2, 0.25) is 0 Å². The maximum Gasteiger partial charge on any atom is 0.0580 e. The third-order valence-corrected chi connectivity index (χ3v) is 3.11. The van der Waals surface area contributed by atoms with Crippen LogP contribution in [0.5, 0.6) is 0 Å². The third-order valence-electron chi connectivity index (χ3n) is 3.11. The maximum absolute atomic E-state index is 9.04. The molecule has 0 atom stereocenters. The van der Waals surface area contributed by atoms with Gasteiger partial charge < -0.3 is 9.84 Å². The Morgan fingerprint density at radius 1 is 1.25 bits per heavy atom. The minimum absolute atomic E-state index is 0.0288. The van der Waals surface area contributed by atoms with Gasteiger partial charge in [-0.25, -0.2) is 0 Å². The Balaban J connectivity index is 1.52. The molecule has 1 N–H and O–H groups in total. The van der Waals surface area contributed by atoms with Crippen molar-refractivity contribution in [2.75, 3.05) is 6.61 Å². The fourth-order valence-corrected chi connectivity index (χ4v) is 2.07. The summed E-state index contributed by atoms with van der Waals surface area (Å²) in [5.74, 6) is 1.53. The van der Waals surface area contributed by atoms with E-state index in [0.717, 1.165) is 25.4 Å². The molecule has 0 bridgehead atoms. The molecule has 0 amide bonds. The van der Waals surface area contributed by atoms with E-state index in [0.29, 0.717) is 12.0 Å². The summed E-state index contributed by atoms with van der Waals surface area (Å²) in [5.41, 5.74) is 0. The second-order valence-corrected chi connectivity index (χ2v) is 4.52. The summed E-state index contributed by atoms with van der Waals surface area (Å²) in [6, 6.07) is 0. The molecule has 2 rings (SSSR count). The Morgan fingerprint density at radius 2 is 1.92 bits per heavy atom. The number of aliphatic hydroxyl groups excluding tert-OH is 1. The molecule has 2 nitrogen and oxygen atoms in total. The standard InChI is InChI=1S/C10H18O2/c1-7-2-10(3-7)12-6-8-4-9(11)5-8/h7-11H,2-6H2,1H3. The van der Waals surface area contributed by atoms with E-state index in [2.05, 4.69) is 6.92 Å². The van der Waals surface area contributed by atoms with Crippen molar-refractivity contribution in [3.05, 3.63) is 0 Å². The van der Waals surface area contributed by atoms with Gasteiger partial charge in [-0.1, -0.05) is 6.92 Å². The van der Waals surface area contributed by atoms with E-state index in [4.69, 9.17) is 9.84 Å². The highest BCUT2D eigenvalue weighted by Gasteiger charge is 2.31. The molecular formula is C10H18O2. The average Bonchev–Trinajstić information content (AvgIpc) is 1.91. The van der Waals surface area contributed by atoms with Crippen LogP contribution < -0.4 is 0 Å². The van der Waals surface area contributed by atoms with Crippen LogP contribution in [0.1, 0.15) is 32.6 Å². The van der Waals surface area contributed by atoms with E-state index in [-0.39, 0.29) is 6.10 Å². The van der Waals surface area contributed by atoms with Crippen LogP contribution >= 0.6 is 0 Å².